The zero-order chi connectivity index (χ0) is 22.5. The van der Waals surface area contributed by atoms with Crippen LogP contribution in [0.5, 0.6) is 0 Å². The van der Waals surface area contributed by atoms with Gasteiger partial charge in [-0.2, -0.15) is 0 Å². The van der Waals surface area contributed by atoms with Crippen molar-refractivity contribution >= 4 is 23.2 Å². The molecule has 2 N–H and O–H groups in total. The summed E-state index contributed by atoms with van der Waals surface area (Å²) in [5.74, 6) is 0.853. The summed E-state index contributed by atoms with van der Waals surface area (Å²) in [5, 5.41) is 5.71. The molecule has 0 aliphatic rings. The highest BCUT2D eigenvalue weighted by Crippen LogP contribution is 2.24. The average Bonchev–Trinajstić information content (AvgIpc) is 3.42. The monoisotopic (exact) mass is 429 g/mol. The van der Waals surface area contributed by atoms with Crippen molar-refractivity contribution in [3.63, 3.8) is 0 Å². The van der Waals surface area contributed by atoms with E-state index in [-0.39, 0.29) is 11.8 Å². The van der Waals surface area contributed by atoms with Crippen LogP contribution in [0.15, 0.2) is 71.7 Å². The molecule has 0 bridgehead atoms. The van der Waals surface area contributed by atoms with Gasteiger partial charge in [0.1, 0.15) is 5.76 Å². The van der Waals surface area contributed by atoms with Gasteiger partial charge in [0.05, 0.1) is 12.0 Å². The summed E-state index contributed by atoms with van der Waals surface area (Å²) in [6.07, 6.45) is 5.44. The normalized spacial score (nSPS) is 10.7. The zero-order valence-corrected chi connectivity index (χ0v) is 17.8. The lowest BCUT2D eigenvalue weighted by Gasteiger charge is -2.09. The maximum Gasteiger partial charge on any atom is 0.255 e. The Kier molecular flexibility index (Phi) is 6.12. The van der Waals surface area contributed by atoms with E-state index >= 15 is 0 Å². The van der Waals surface area contributed by atoms with Crippen LogP contribution in [0.1, 0.15) is 28.2 Å². The van der Waals surface area contributed by atoms with Crippen molar-refractivity contribution in [1.29, 1.82) is 0 Å². The third kappa shape index (κ3) is 5.10. The molecule has 0 saturated carbocycles. The summed E-state index contributed by atoms with van der Waals surface area (Å²) in [4.78, 5) is 33.3. The summed E-state index contributed by atoms with van der Waals surface area (Å²) in [6.45, 7) is 4.28. The highest BCUT2D eigenvalue weighted by molar-refractivity contribution is 6.05. The maximum atomic E-state index is 12.8. The standard InChI is InChI=1S/C24H23N5O3/c1-16-17(2)32-24(26-16)19-6-4-8-21(14-19)28-23(31)18-5-3-7-20(13-18)27-22(30)9-11-29-12-10-25-15-29/h3-8,10,12-15H,9,11H2,1-2H3,(H,27,30)(H,28,31). The van der Waals surface area contributed by atoms with Gasteiger partial charge in [0.15, 0.2) is 0 Å². The van der Waals surface area contributed by atoms with Crippen LogP contribution in [-0.4, -0.2) is 26.3 Å². The first kappa shape index (κ1) is 21.0. The first-order chi connectivity index (χ1) is 15.5. The molecule has 4 aromatic rings. The third-order valence-corrected chi connectivity index (χ3v) is 4.96. The summed E-state index contributed by atoms with van der Waals surface area (Å²) >= 11 is 0. The maximum absolute atomic E-state index is 12.8. The van der Waals surface area contributed by atoms with Crippen molar-refractivity contribution in [3.05, 3.63) is 84.3 Å². The molecule has 0 saturated heterocycles. The van der Waals surface area contributed by atoms with E-state index in [2.05, 4.69) is 20.6 Å². The van der Waals surface area contributed by atoms with E-state index in [4.69, 9.17) is 4.42 Å². The van der Waals surface area contributed by atoms with E-state index in [9.17, 15) is 9.59 Å². The summed E-state index contributed by atoms with van der Waals surface area (Å²) in [7, 11) is 0. The number of carbonyl (C=O) groups is 2. The Labute approximate surface area is 185 Å². The average molecular weight is 429 g/mol. The van der Waals surface area contributed by atoms with Crippen molar-refractivity contribution in [2.45, 2.75) is 26.8 Å². The molecule has 8 heteroatoms. The number of oxazole rings is 1. The first-order valence-electron chi connectivity index (χ1n) is 10.2. The molecule has 0 atom stereocenters. The van der Waals surface area contributed by atoms with Crippen LogP contribution in [0.2, 0.25) is 0 Å². The van der Waals surface area contributed by atoms with Gasteiger partial charge in [-0.05, 0) is 50.2 Å². The SMILES string of the molecule is Cc1nc(-c2cccc(NC(=O)c3cccc(NC(=O)CCn4ccnc4)c3)c2)oc1C. The molecule has 0 radical (unpaired) electrons. The molecule has 0 fully saturated rings. The van der Waals surface area contributed by atoms with Crippen molar-refractivity contribution < 1.29 is 14.0 Å². The number of nitrogens with zero attached hydrogens (tertiary/aromatic N) is 3. The smallest absolute Gasteiger partial charge is 0.255 e. The van der Waals surface area contributed by atoms with Crippen molar-refractivity contribution in [3.8, 4) is 11.5 Å². The van der Waals surface area contributed by atoms with E-state index in [0.29, 0.717) is 35.8 Å². The predicted molar refractivity (Wildman–Crippen MR) is 121 cm³/mol. The molecular weight excluding hydrogens is 406 g/mol. The minimum Gasteiger partial charge on any atom is -0.441 e. The highest BCUT2D eigenvalue weighted by Gasteiger charge is 2.12. The van der Waals surface area contributed by atoms with E-state index in [1.54, 1.807) is 49.1 Å². The van der Waals surface area contributed by atoms with E-state index < -0.39 is 0 Å². The minimum atomic E-state index is -0.281. The second-order valence-corrected chi connectivity index (χ2v) is 7.38. The van der Waals surface area contributed by atoms with Crippen molar-refractivity contribution in [2.24, 2.45) is 0 Å². The van der Waals surface area contributed by atoms with Crippen LogP contribution in [0.4, 0.5) is 11.4 Å². The van der Waals surface area contributed by atoms with Gasteiger partial charge in [-0.1, -0.05) is 12.1 Å². The zero-order valence-electron chi connectivity index (χ0n) is 17.8. The Balaban J connectivity index is 1.40. The third-order valence-electron chi connectivity index (χ3n) is 4.96. The number of hydrogen-bond acceptors (Lipinski definition) is 5. The Morgan fingerprint density at radius 3 is 2.53 bits per heavy atom. The second-order valence-electron chi connectivity index (χ2n) is 7.38. The number of nitrogens with one attached hydrogen (secondary N) is 2. The van der Waals surface area contributed by atoms with Crippen LogP contribution in [0, 0.1) is 13.8 Å². The molecule has 32 heavy (non-hydrogen) atoms. The van der Waals surface area contributed by atoms with E-state index in [0.717, 1.165) is 17.0 Å². The van der Waals surface area contributed by atoms with Gasteiger partial charge in [0, 0.05) is 47.9 Å². The minimum absolute atomic E-state index is 0.138. The highest BCUT2D eigenvalue weighted by atomic mass is 16.4. The van der Waals surface area contributed by atoms with Gasteiger partial charge in [-0.3, -0.25) is 9.59 Å². The summed E-state index contributed by atoms with van der Waals surface area (Å²) in [5.41, 5.74) is 3.23. The summed E-state index contributed by atoms with van der Waals surface area (Å²) in [6, 6.07) is 14.1. The number of amides is 2. The number of hydrogen-bond donors (Lipinski definition) is 2. The Hall–Kier alpha value is -4.20. The molecule has 162 valence electrons. The van der Waals surface area contributed by atoms with Crippen LogP contribution < -0.4 is 10.6 Å². The molecule has 2 aromatic carbocycles. The van der Waals surface area contributed by atoms with Crippen LogP contribution in [-0.2, 0) is 11.3 Å². The predicted octanol–water partition coefficient (Wildman–Crippen LogP) is 4.44. The Morgan fingerprint density at radius 1 is 1.03 bits per heavy atom. The Morgan fingerprint density at radius 2 is 1.81 bits per heavy atom. The van der Waals surface area contributed by atoms with E-state index in [1.807, 2.05) is 36.6 Å². The molecule has 0 aliphatic heterocycles. The van der Waals surface area contributed by atoms with E-state index in [1.165, 1.54) is 0 Å². The quantitative estimate of drug-likeness (QED) is 0.452. The molecule has 8 nitrogen and oxygen atoms in total. The molecule has 2 amide bonds. The molecule has 0 spiro atoms. The molecule has 4 rings (SSSR count). The molecule has 2 heterocycles. The number of imidazole rings is 1. The topological polar surface area (TPSA) is 102 Å². The van der Waals surface area contributed by atoms with Gasteiger partial charge in [-0.25, -0.2) is 9.97 Å². The summed E-state index contributed by atoms with van der Waals surface area (Å²) < 4.78 is 7.50. The van der Waals surface area contributed by atoms with Crippen molar-refractivity contribution in [2.75, 3.05) is 10.6 Å². The molecular formula is C24H23N5O3. The first-order valence-corrected chi connectivity index (χ1v) is 10.2. The number of aryl methyl sites for hydroxylation is 3. The molecule has 2 aromatic heterocycles. The van der Waals surface area contributed by atoms with Gasteiger partial charge in [0.25, 0.3) is 5.91 Å². The van der Waals surface area contributed by atoms with Gasteiger partial charge in [-0.15, -0.1) is 0 Å². The number of rotatable bonds is 7. The number of carbonyl (C=O) groups excluding carboxylic acids is 2. The fourth-order valence-corrected chi connectivity index (χ4v) is 3.14. The van der Waals surface area contributed by atoms with Crippen LogP contribution in [0.25, 0.3) is 11.5 Å². The second kappa shape index (κ2) is 9.30. The Bertz CT molecular complexity index is 1220. The van der Waals surface area contributed by atoms with Gasteiger partial charge in [0.2, 0.25) is 11.8 Å². The van der Waals surface area contributed by atoms with Crippen molar-refractivity contribution in [1.82, 2.24) is 14.5 Å². The lowest BCUT2D eigenvalue weighted by atomic mass is 10.1. The number of anilines is 2. The molecule has 0 unspecified atom stereocenters. The van der Waals surface area contributed by atoms with Gasteiger partial charge < -0.3 is 19.6 Å². The lowest BCUT2D eigenvalue weighted by Crippen LogP contribution is -2.15. The van der Waals surface area contributed by atoms with Crippen LogP contribution >= 0.6 is 0 Å². The lowest BCUT2D eigenvalue weighted by molar-refractivity contribution is -0.116. The molecule has 0 aliphatic carbocycles. The number of aromatic nitrogens is 3. The fourth-order valence-electron chi connectivity index (χ4n) is 3.14. The van der Waals surface area contributed by atoms with Gasteiger partial charge >= 0.3 is 0 Å². The fraction of sp³-hybridized carbons (Fsp3) is 0.167. The van der Waals surface area contributed by atoms with Crippen LogP contribution in [0.3, 0.4) is 0 Å². The number of benzene rings is 2. The largest absolute Gasteiger partial charge is 0.441 e.